The average molecular weight is 234 g/mol. The molecule has 0 aromatic heterocycles. The molecule has 0 spiro atoms. The Morgan fingerprint density at radius 3 is 2.94 bits per heavy atom. The minimum atomic E-state index is 0.211. The van der Waals surface area contributed by atoms with E-state index in [9.17, 15) is 0 Å². The summed E-state index contributed by atoms with van der Waals surface area (Å²) in [6.45, 7) is 6.22. The standard InChI is InChI=1S/C14H22N2O/c1-11(2)17-14-8-4-3-7-13(14)16-10-12-6-5-9-15-12/h3-4,7-8,11-12,15-16H,5-6,9-10H2,1-2H3. The van der Waals surface area contributed by atoms with E-state index < -0.39 is 0 Å². The van der Waals surface area contributed by atoms with Gasteiger partial charge in [0.15, 0.2) is 0 Å². The van der Waals surface area contributed by atoms with Crippen molar-refractivity contribution < 1.29 is 4.74 Å². The SMILES string of the molecule is CC(C)Oc1ccccc1NCC1CCCN1. The molecule has 1 aliphatic rings. The molecule has 0 radical (unpaired) electrons. The van der Waals surface area contributed by atoms with Crippen molar-refractivity contribution in [3.8, 4) is 5.75 Å². The third kappa shape index (κ3) is 3.63. The Kier molecular flexibility index (Phi) is 4.26. The molecule has 0 amide bonds. The Labute approximate surface area is 104 Å². The van der Waals surface area contributed by atoms with Gasteiger partial charge in [-0.3, -0.25) is 0 Å². The maximum absolute atomic E-state index is 5.78. The van der Waals surface area contributed by atoms with Crippen LogP contribution in [0.4, 0.5) is 5.69 Å². The predicted octanol–water partition coefficient (Wildman–Crippen LogP) is 2.64. The van der Waals surface area contributed by atoms with Gasteiger partial charge in [0.2, 0.25) is 0 Å². The molecule has 3 nitrogen and oxygen atoms in total. The summed E-state index contributed by atoms with van der Waals surface area (Å²) in [6, 6.07) is 8.74. The van der Waals surface area contributed by atoms with Gasteiger partial charge in [0, 0.05) is 12.6 Å². The lowest BCUT2D eigenvalue weighted by Gasteiger charge is -2.17. The van der Waals surface area contributed by atoms with Crippen LogP contribution in [-0.2, 0) is 0 Å². The summed E-state index contributed by atoms with van der Waals surface area (Å²) < 4.78 is 5.78. The first kappa shape index (κ1) is 12.2. The summed E-state index contributed by atoms with van der Waals surface area (Å²) in [5, 5.41) is 6.96. The molecule has 1 saturated heterocycles. The molecule has 1 atom stereocenters. The molecule has 3 heteroatoms. The van der Waals surface area contributed by atoms with Gasteiger partial charge in [-0.2, -0.15) is 0 Å². The molecule has 0 aliphatic carbocycles. The van der Waals surface area contributed by atoms with E-state index in [1.54, 1.807) is 0 Å². The van der Waals surface area contributed by atoms with Crippen LogP contribution in [0.5, 0.6) is 5.75 Å². The van der Waals surface area contributed by atoms with Crippen LogP contribution in [0.15, 0.2) is 24.3 Å². The molecular formula is C14H22N2O. The van der Waals surface area contributed by atoms with Gasteiger partial charge in [0.25, 0.3) is 0 Å². The molecule has 2 N–H and O–H groups in total. The summed E-state index contributed by atoms with van der Waals surface area (Å²) in [4.78, 5) is 0. The van der Waals surface area contributed by atoms with E-state index >= 15 is 0 Å². The van der Waals surface area contributed by atoms with Crippen LogP contribution in [0.25, 0.3) is 0 Å². The number of ether oxygens (including phenoxy) is 1. The number of hydrogen-bond donors (Lipinski definition) is 2. The molecule has 0 bridgehead atoms. The highest BCUT2D eigenvalue weighted by Crippen LogP contribution is 2.25. The Morgan fingerprint density at radius 2 is 2.24 bits per heavy atom. The highest BCUT2D eigenvalue weighted by Gasteiger charge is 2.14. The molecule has 2 rings (SSSR count). The highest BCUT2D eigenvalue weighted by molar-refractivity contribution is 5.56. The van der Waals surface area contributed by atoms with Gasteiger partial charge in [0.05, 0.1) is 11.8 Å². The molecule has 1 aromatic rings. The minimum Gasteiger partial charge on any atom is -0.489 e. The molecule has 17 heavy (non-hydrogen) atoms. The fraction of sp³-hybridized carbons (Fsp3) is 0.571. The predicted molar refractivity (Wildman–Crippen MR) is 71.7 cm³/mol. The highest BCUT2D eigenvalue weighted by atomic mass is 16.5. The fourth-order valence-corrected chi connectivity index (χ4v) is 2.13. The van der Waals surface area contributed by atoms with Crippen LogP contribution in [0.2, 0.25) is 0 Å². The van der Waals surface area contributed by atoms with Crippen LogP contribution in [-0.4, -0.2) is 25.2 Å². The van der Waals surface area contributed by atoms with Crippen molar-refractivity contribution in [2.45, 2.75) is 38.8 Å². The number of rotatable bonds is 5. The van der Waals surface area contributed by atoms with Crippen molar-refractivity contribution in [1.82, 2.24) is 5.32 Å². The molecule has 1 aliphatic heterocycles. The fourth-order valence-electron chi connectivity index (χ4n) is 2.13. The summed E-state index contributed by atoms with van der Waals surface area (Å²) >= 11 is 0. The maximum Gasteiger partial charge on any atom is 0.142 e. The smallest absolute Gasteiger partial charge is 0.142 e. The molecule has 1 unspecified atom stereocenters. The number of nitrogens with one attached hydrogen (secondary N) is 2. The zero-order valence-electron chi connectivity index (χ0n) is 10.7. The van der Waals surface area contributed by atoms with Gasteiger partial charge >= 0.3 is 0 Å². The molecule has 1 aromatic carbocycles. The first-order valence-corrected chi connectivity index (χ1v) is 6.48. The van der Waals surface area contributed by atoms with Crippen LogP contribution < -0.4 is 15.4 Å². The van der Waals surface area contributed by atoms with E-state index in [0.29, 0.717) is 6.04 Å². The first-order chi connectivity index (χ1) is 8.25. The summed E-state index contributed by atoms with van der Waals surface area (Å²) in [6.07, 6.45) is 2.76. The number of hydrogen-bond acceptors (Lipinski definition) is 3. The average Bonchev–Trinajstić information content (AvgIpc) is 2.80. The summed E-state index contributed by atoms with van der Waals surface area (Å²) in [5.41, 5.74) is 1.09. The first-order valence-electron chi connectivity index (χ1n) is 6.48. The second-order valence-electron chi connectivity index (χ2n) is 4.84. The Hall–Kier alpha value is -1.22. The van der Waals surface area contributed by atoms with Crippen LogP contribution >= 0.6 is 0 Å². The van der Waals surface area contributed by atoms with Gasteiger partial charge in [0.1, 0.15) is 5.75 Å². The van der Waals surface area contributed by atoms with Crippen LogP contribution in [0.3, 0.4) is 0 Å². The van der Waals surface area contributed by atoms with Gasteiger partial charge in [-0.1, -0.05) is 12.1 Å². The van der Waals surface area contributed by atoms with Crippen molar-refractivity contribution >= 4 is 5.69 Å². The normalized spacial score (nSPS) is 19.6. The lowest BCUT2D eigenvalue weighted by molar-refractivity contribution is 0.243. The zero-order chi connectivity index (χ0) is 12.1. The Morgan fingerprint density at radius 1 is 1.41 bits per heavy atom. The van der Waals surface area contributed by atoms with E-state index in [1.165, 1.54) is 12.8 Å². The second-order valence-corrected chi connectivity index (χ2v) is 4.84. The molecule has 0 saturated carbocycles. The van der Waals surface area contributed by atoms with Crippen molar-refractivity contribution in [2.75, 3.05) is 18.4 Å². The van der Waals surface area contributed by atoms with Gasteiger partial charge < -0.3 is 15.4 Å². The van der Waals surface area contributed by atoms with Gasteiger partial charge in [-0.25, -0.2) is 0 Å². The maximum atomic E-state index is 5.78. The minimum absolute atomic E-state index is 0.211. The largest absolute Gasteiger partial charge is 0.489 e. The molecule has 1 heterocycles. The quantitative estimate of drug-likeness (QED) is 0.821. The van der Waals surface area contributed by atoms with Crippen molar-refractivity contribution in [2.24, 2.45) is 0 Å². The lowest BCUT2D eigenvalue weighted by Crippen LogP contribution is -2.29. The molecular weight excluding hydrogens is 212 g/mol. The third-order valence-corrected chi connectivity index (χ3v) is 2.95. The summed E-state index contributed by atoms with van der Waals surface area (Å²) in [5.74, 6) is 0.945. The summed E-state index contributed by atoms with van der Waals surface area (Å²) in [7, 11) is 0. The zero-order valence-corrected chi connectivity index (χ0v) is 10.7. The van der Waals surface area contributed by atoms with E-state index in [-0.39, 0.29) is 6.10 Å². The lowest BCUT2D eigenvalue weighted by atomic mass is 10.2. The monoisotopic (exact) mass is 234 g/mol. The Balaban J connectivity index is 1.94. The van der Waals surface area contributed by atoms with E-state index in [2.05, 4.69) is 30.5 Å². The van der Waals surface area contributed by atoms with E-state index in [0.717, 1.165) is 24.5 Å². The second kappa shape index (κ2) is 5.92. The van der Waals surface area contributed by atoms with Crippen LogP contribution in [0, 0.1) is 0 Å². The third-order valence-electron chi connectivity index (χ3n) is 2.95. The molecule has 94 valence electrons. The topological polar surface area (TPSA) is 33.3 Å². The van der Waals surface area contributed by atoms with Crippen molar-refractivity contribution in [3.05, 3.63) is 24.3 Å². The Bertz CT molecular complexity index is 346. The number of anilines is 1. The van der Waals surface area contributed by atoms with Gasteiger partial charge in [-0.15, -0.1) is 0 Å². The van der Waals surface area contributed by atoms with Crippen molar-refractivity contribution in [1.29, 1.82) is 0 Å². The van der Waals surface area contributed by atoms with E-state index in [4.69, 9.17) is 4.74 Å². The number of para-hydroxylation sites is 2. The van der Waals surface area contributed by atoms with Crippen molar-refractivity contribution in [3.63, 3.8) is 0 Å². The molecule has 1 fully saturated rings. The van der Waals surface area contributed by atoms with E-state index in [1.807, 2.05) is 18.2 Å². The van der Waals surface area contributed by atoms with Gasteiger partial charge in [-0.05, 0) is 45.4 Å². The van der Waals surface area contributed by atoms with Crippen LogP contribution in [0.1, 0.15) is 26.7 Å². The number of benzene rings is 1.